The summed E-state index contributed by atoms with van der Waals surface area (Å²) in [5, 5.41) is 3.48. The zero-order chi connectivity index (χ0) is 16.0. The van der Waals surface area contributed by atoms with Gasteiger partial charge in [-0.15, -0.1) is 0 Å². The summed E-state index contributed by atoms with van der Waals surface area (Å²) in [5.41, 5.74) is 6.41. The number of hydrogen-bond donors (Lipinski definition) is 2. The minimum Gasteiger partial charge on any atom is -0.379 e. The molecule has 2 heterocycles. The Balaban J connectivity index is 1.56. The number of aliphatic imine (C=N–C) groups is 1. The van der Waals surface area contributed by atoms with E-state index in [0.29, 0.717) is 12.0 Å². The molecule has 0 bridgehead atoms. The van der Waals surface area contributed by atoms with Crippen molar-refractivity contribution in [1.82, 2.24) is 10.2 Å². The number of nitrogens with two attached hydrogens (primary N) is 1. The summed E-state index contributed by atoms with van der Waals surface area (Å²) in [5.74, 6) is 3.07. The summed E-state index contributed by atoms with van der Waals surface area (Å²) in [6.45, 7) is 4.60. The van der Waals surface area contributed by atoms with Gasteiger partial charge in [-0.25, -0.2) is 0 Å². The van der Waals surface area contributed by atoms with Crippen LogP contribution in [0.25, 0.3) is 0 Å². The molecule has 132 valence electrons. The molecule has 5 nitrogen and oxygen atoms in total. The highest BCUT2D eigenvalue weighted by Gasteiger charge is 2.40. The maximum Gasteiger partial charge on any atom is 0.188 e. The molecule has 2 saturated heterocycles. The van der Waals surface area contributed by atoms with Crippen molar-refractivity contribution in [2.45, 2.75) is 56.5 Å². The topological polar surface area (TPSA) is 62.9 Å². The van der Waals surface area contributed by atoms with E-state index in [2.05, 4.69) is 22.0 Å². The Kier molecular flexibility index (Phi) is 6.48. The van der Waals surface area contributed by atoms with Gasteiger partial charge in [0.1, 0.15) is 0 Å². The van der Waals surface area contributed by atoms with Crippen LogP contribution in [0.4, 0.5) is 0 Å². The molecule has 3 rings (SSSR count). The number of nitrogens with one attached hydrogen (secondary N) is 1. The molecule has 2 aliphatic heterocycles. The summed E-state index contributed by atoms with van der Waals surface area (Å²) >= 11 is 2.05. The lowest BCUT2D eigenvalue weighted by atomic mass is 9.96. The van der Waals surface area contributed by atoms with Crippen LogP contribution in [0.1, 0.15) is 44.9 Å². The van der Waals surface area contributed by atoms with Crippen molar-refractivity contribution in [3.8, 4) is 0 Å². The number of morpholine rings is 1. The number of hydrogen-bond acceptors (Lipinski definition) is 4. The maximum atomic E-state index is 6.21. The normalized spacial score (nSPS) is 31.9. The van der Waals surface area contributed by atoms with Crippen LogP contribution in [0, 0.1) is 0 Å². The van der Waals surface area contributed by atoms with Gasteiger partial charge < -0.3 is 15.8 Å². The molecule has 3 N–H and O–H groups in total. The molecule has 0 aromatic heterocycles. The first kappa shape index (κ1) is 17.4. The monoisotopic (exact) mass is 340 g/mol. The number of rotatable bonds is 4. The molecule has 1 unspecified atom stereocenters. The highest BCUT2D eigenvalue weighted by Crippen LogP contribution is 2.34. The van der Waals surface area contributed by atoms with E-state index in [0.717, 1.165) is 32.8 Å². The summed E-state index contributed by atoms with van der Waals surface area (Å²) in [6, 6.07) is 0.526. The van der Waals surface area contributed by atoms with Crippen LogP contribution < -0.4 is 11.1 Å². The number of ether oxygens (including phenoxy) is 1. The molecule has 0 radical (unpaired) electrons. The smallest absolute Gasteiger partial charge is 0.188 e. The minimum atomic E-state index is 0.199. The van der Waals surface area contributed by atoms with E-state index in [-0.39, 0.29) is 5.54 Å². The van der Waals surface area contributed by atoms with Gasteiger partial charge in [-0.1, -0.05) is 25.7 Å². The van der Waals surface area contributed by atoms with Crippen molar-refractivity contribution in [3.05, 3.63) is 0 Å². The Morgan fingerprint density at radius 1 is 1.22 bits per heavy atom. The minimum absolute atomic E-state index is 0.199. The summed E-state index contributed by atoms with van der Waals surface area (Å²) in [4.78, 5) is 7.36. The molecule has 6 heteroatoms. The largest absolute Gasteiger partial charge is 0.379 e. The van der Waals surface area contributed by atoms with E-state index in [9.17, 15) is 0 Å². The van der Waals surface area contributed by atoms with E-state index < -0.39 is 0 Å². The molecule has 1 saturated carbocycles. The second-order valence-electron chi connectivity index (χ2n) is 7.16. The van der Waals surface area contributed by atoms with Gasteiger partial charge in [0.15, 0.2) is 5.96 Å². The first-order valence-corrected chi connectivity index (χ1v) is 10.4. The third kappa shape index (κ3) is 4.77. The average molecular weight is 341 g/mol. The molecule has 0 aromatic carbocycles. The molecule has 0 amide bonds. The molecule has 0 spiro atoms. The van der Waals surface area contributed by atoms with Gasteiger partial charge in [0.05, 0.1) is 25.3 Å². The van der Waals surface area contributed by atoms with Crippen molar-refractivity contribution in [1.29, 1.82) is 0 Å². The molecule has 1 aliphatic carbocycles. The third-order valence-corrected chi connectivity index (χ3v) is 6.75. The zero-order valence-corrected chi connectivity index (χ0v) is 15.1. The van der Waals surface area contributed by atoms with Gasteiger partial charge in [0.2, 0.25) is 0 Å². The Morgan fingerprint density at radius 2 is 1.96 bits per heavy atom. The van der Waals surface area contributed by atoms with E-state index in [4.69, 9.17) is 15.5 Å². The van der Waals surface area contributed by atoms with Crippen molar-refractivity contribution in [3.63, 3.8) is 0 Å². The van der Waals surface area contributed by atoms with Gasteiger partial charge in [0.25, 0.3) is 0 Å². The standard InChI is InChI=1S/C17H32N4OS/c18-16(20-15-5-3-1-2-4-6-15)19-13-17(7-12-23-14-17)21-8-10-22-11-9-21/h15H,1-14H2,(H3,18,19,20). The van der Waals surface area contributed by atoms with Crippen molar-refractivity contribution in [2.24, 2.45) is 10.7 Å². The van der Waals surface area contributed by atoms with Gasteiger partial charge in [-0.2, -0.15) is 11.8 Å². The fraction of sp³-hybridized carbons (Fsp3) is 0.941. The summed E-state index contributed by atoms with van der Waals surface area (Å²) in [6.07, 6.45) is 9.07. The third-order valence-electron chi connectivity index (χ3n) is 5.52. The van der Waals surface area contributed by atoms with Crippen molar-refractivity contribution >= 4 is 17.7 Å². The van der Waals surface area contributed by atoms with E-state index >= 15 is 0 Å². The molecule has 1 atom stereocenters. The van der Waals surface area contributed by atoms with E-state index in [1.54, 1.807) is 0 Å². The lowest BCUT2D eigenvalue weighted by Gasteiger charge is -2.42. The predicted octanol–water partition coefficient (Wildman–Crippen LogP) is 1.82. The summed E-state index contributed by atoms with van der Waals surface area (Å²) in [7, 11) is 0. The van der Waals surface area contributed by atoms with Gasteiger partial charge in [-0.05, 0) is 25.0 Å². The Morgan fingerprint density at radius 3 is 2.61 bits per heavy atom. The van der Waals surface area contributed by atoms with Crippen LogP contribution in [0.3, 0.4) is 0 Å². The van der Waals surface area contributed by atoms with Gasteiger partial charge in [0, 0.05) is 24.9 Å². The zero-order valence-electron chi connectivity index (χ0n) is 14.3. The highest BCUT2D eigenvalue weighted by atomic mass is 32.2. The lowest BCUT2D eigenvalue weighted by Crippen LogP contribution is -2.56. The SMILES string of the molecule is NC(=NCC1(N2CCOCC2)CCSC1)NC1CCCCCC1. The van der Waals surface area contributed by atoms with Gasteiger partial charge in [-0.3, -0.25) is 9.89 Å². The number of guanidine groups is 1. The van der Waals surface area contributed by atoms with Crippen LogP contribution in [0.15, 0.2) is 4.99 Å². The van der Waals surface area contributed by atoms with Crippen LogP contribution in [0.5, 0.6) is 0 Å². The Hall–Kier alpha value is -0.460. The van der Waals surface area contributed by atoms with Crippen molar-refractivity contribution in [2.75, 3.05) is 44.4 Å². The maximum absolute atomic E-state index is 6.21. The first-order valence-electron chi connectivity index (χ1n) is 9.26. The van der Waals surface area contributed by atoms with E-state index in [1.807, 2.05) is 0 Å². The molecule has 23 heavy (non-hydrogen) atoms. The second kappa shape index (κ2) is 8.58. The van der Waals surface area contributed by atoms with Crippen molar-refractivity contribution < 1.29 is 4.74 Å². The van der Waals surface area contributed by atoms with Crippen LogP contribution in [-0.2, 0) is 4.74 Å². The first-order chi connectivity index (χ1) is 11.3. The predicted molar refractivity (Wildman–Crippen MR) is 98.2 cm³/mol. The van der Waals surface area contributed by atoms with Gasteiger partial charge >= 0.3 is 0 Å². The number of nitrogens with zero attached hydrogens (tertiary/aromatic N) is 2. The molecular formula is C17H32N4OS. The Bertz CT molecular complexity index is 384. The number of thioether (sulfide) groups is 1. The molecule has 3 aliphatic rings. The molecular weight excluding hydrogens is 308 g/mol. The summed E-state index contributed by atoms with van der Waals surface area (Å²) < 4.78 is 5.52. The van der Waals surface area contributed by atoms with Crippen LogP contribution in [-0.4, -0.2) is 66.8 Å². The molecule has 0 aromatic rings. The van der Waals surface area contributed by atoms with Crippen LogP contribution in [0.2, 0.25) is 0 Å². The lowest BCUT2D eigenvalue weighted by molar-refractivity contribution is -0.0104. The second-order valence-corrected chi connectivity index (χ2v) is 8.27. The fourth-order valence-corrected chi connectivity index (χ4v) is 5.49. The quantitative estimate of drug-likeness (QED) is 0.464. The molecule has 3 fully saturated rings. The van der Waals surface area contributed by atoms with Crippen LogP contribution >= 0.6 is 11.8 Å². The Labute approximate surface area is 144 Å². The van der Waals surface area contributed by atoms with E-state index in [1.165, 1.54) is 56.5 Å². The highest BCUT2D eigenvalue weighted by molar-refractivity contribution is 7.99. The average Bonchev–Trinajstić information content (AvgIpc) is 2.93. The fourth-order valence-electron chi connectivity index (χ4n) is 4.02.